The van der Waals surface area contributed by atoms with Gasteiger partial charge in [-0.25, -0.2) is 9.69 Å². The summed E-state index contributed by atoms with van der Waals surface area (Å²) in [5.41, 5.74) is 2.15. The summed E-state index contributed by atoms with van der Waals surface area (Å²) in [6.07, 6.45) is 0.676. The lowest BCUT2D eigenvalue weighted by Crippen LogP contribution is -2.46. The van der Waals surface area contributed by atoms with Crippen molar-refractivity contribution in [3.63, 3.8) is 0 Å². The minimum absolute atomic E-state index is 0.141. The van der Waals surface area contributed by atoms with Crippen molar-refractivity contribution in [2.75, 3.05) is 27.2 Å². The molecular weight excluding hydrogens is 376 g/mol. The number of carbonyl (C=O) groups is 2. The van der Waals surface area contributed by atoms with E-state index in [4.69, 9.17) is 4.74 Å². The van der Waals surface area contributed by atoms with Crippen LogP contribution in [0.2, 0.25) is 0 Å². The molecule has 30 heavy (non-hydrogen) atoms. The fourth-order valence-electron chi connectivity index (χ4n) is 4.12. The first-order valence-corrected chi connectivity index (χ1v) is 10.4. The van der Waals surface area contributed by atoms with Crippen molar-refractivity contribution in [1.82, 2.24) is 9.80 Å². The highest BCUT2D eigenvalue weighted by atomic mass is 16.6. The van der Waals surface area contributed by atoms with Crippen molar-refractivity contribution in [1.29, 1.82) is 0 Å². The van der Waals surface area contributed by atoms with Crippen LogP contribution in [-0.4, -0.2) is 54.6 Å². The molecule has 0 bridgehead atoms. The van der Waals surface area contributed by atoms with E-state index in [2.05, 4.69) is 36.4 Å². The van der Waals surface area contributed by atoms with Gasteiger partial charge in [0, 0.05) is 13.1 Å². The van der Waals surface area contributed by atoms with Gasteiger partial charge in [-0.05, 0) is 64.4 Å². The molecule has 0 saturated carbocycles. The quantitative estimate of drug-likeness (QED) is 0.725. The molecule has 0 aromatic heterocycles. The van der Waals surface area contributed by atoms with E-state index in [-0.39, 0.29) is 5.91 Å². The second-order valence-electron chi connectivity index (χ2n) is 9.44. The van der Waals surface area contributed by atoms with Crippen LogP contribution in [0.15, 0.2) is 54.6 Å². The molecule has 1 heterocycles. The Balaban J connectivity index is 1.81. The summed E-state index contributed by atoms with van der Waals surface area (Å²) in [7, 11) is 3.92. The number of hydrogen-bond acceptors (Lipinski definition) is 4. The molecule has 1 atom stereocenters. The van der Waals surface area contributed by atoms with Gasteiger partial charge in [0.1, 0.15) is 5.60 Å². The Morgan fingerprint density at radius 1 is 1.03 bits per heavy atom. The molecule has 160 valence electrons. The van der Waals surface area contributed by atoms with Crippen LogP contribution < -0.4 is 0 Å². The Bertz CT molecular complexity index is 885. The number of hydrogen-bond donors (Lipinski definition) is 0. The van der Waals surface area contributed by atoms with Gasteiger partial charge in [-0.2, -0.15) is 0 Å². The summed E-state index contributed by atoms with van der Waals surface area (Å²) in [6.45, 7) is 6.42. The number of likely N-dealkylation sites (tertiary alicyclic amines) is 1. The lowest BCUT2D eigenvalue weighted by molar-refractivity contribution is -0.136. The van der Waals surface area contributed by atoms with Crippen LogP contribution in [0, 0.1) is 5.41 Å². The van der Waals surface area contributed by atoms with Gasteiger partial charge in [0.2, 0.25) is 5.91 Å². The molecule has 0 radical (unpaired) electrons. The number of nitrogens with zero attached hydrogens (tertiary/aromatic N) is 2. The molecule has 0 aliphatic carbocycles. The van der Waals surface area contributed by atoms with Crippen molar-refractivity contribution < 1.29 is 14.3 Å². The number of rotatable bonds is 5. The van der Waals surface area contributed by atoms with E-state index >= 15 is 0 Å². The highest BCUT2D eigenvalue weighted by molar-refractivity contribution is 5.97. The van der Waals surface area contributed by atoms with E-state index in [1.165, 1.54) is 10.5 Å². The normalized spacial score (nSPS) is 19.4. The van der Waals surface area contributed by atoms with Crippen LogP contribution in [0.4, 0.5) is 4.79 Å². The van der Waals surface area contributed by atoms with Gasteiger partial charge in [0.05, 0.1) is 5.41 Å². The smallest absolute Gasteiger partial charge is 0.417 e. The molecule has 5 nitrogen and oxygen atoms in total. The maximum atomic E-state index is 13.4. The molecule has 3 rings (SSSR count). The van der Waals surface area contributed by atoms with Crippen molar-refractivity contribution in [2.24, 2.45) is 5.41 Å². The zero-order valence-corrected chi connectivity index (χ0v) is 18.6. The predicted octanol–water partition coefficient (Wildman–Crippen LogP) is 4.61. The molecule has 2 aromatic carbocycles. The molecule has 1 unspecified atom stereocenters. The van der Waals surface area contributed by atoms with Crippen LogP contribution in [0.1, 0.15) is 32.8 Å². The summed E-state index contributed by atoms with van der Waals surface area (Å²) in [6, 6.07) is 18.6. The number of ether oxygens (including phenoxy) is 1. The number of amides is 2. The second-order valence-corrected chi connectivity index (χ2v) is 9.44. The average Bonchev–Trinajstić information content (AvgIpc) is 2.97. The lowest BCUT2D eigenvalue weighted by atomic mass is 9.79. The first kappa shape index (κ1) is 22.0. The summed E-state index contributed by atoms with van der Waals surface area (Å²) < 4.78 is 5.46. The Hall–Kier alpha value is -2.66. The van der Waals surface area contributed by atoms with Gasteiger partial charge in [-0.3, -0.25) is 4.79 Å². The Labute approximate surface area is 179 Å². The van der Waals surface area contributed by atoms with Gasteiger partial charge in [-0.1, -0.05) is 54.6 Å². The van der Waals surface area contributed by atoms with Gasteiger partial charge in [-0.15, -0.1) is 0 Å². The van der Waals surface area contributed by atoms with E-state index in [0.29, 0.717) is 25.9 Å². The number of imide groups is 1. The lowest BCUT2D eigenvalue weighted by Gasteiger charge is -2.31. The zero-order chi connectivity index (χ0) is 21.9. The Morgan fingerprint density at radius 3 is 2.20 bits per heavy atom. The van der Waals surface area contributed by atoms with Crippen LogP contribution >= 0.6 is 0 Å². The molecule has 1 saturated heterocycles. The van der Waals surface area contributed by atoms with Crippen LogP contribution in [-0.2, 0) is 16.0 Å². The van der Waals surface area contributed by atoms with E-state index in [1.54, 1.807) is 0 Å². The summed E-state index contributed by atoms with van der Waals surface area (Å²) in [4.78, 5) is 29.3. The van der Waals surface area contributed by atoms with Gasteiger partial charge >= 0.3 is 6.09 Å². The molecule has 5 heteroatoms. The largest absolute Gasteiger partial charge is 0.443 e. The highest BCUT2D eigenvalue weighted by Crippen LogP contribution is 2.37. The third-order valence-electron chi connectivity index (χ3n) is 5.35. The minimum Gasteiger partial charge on any atom is -0.443 e. The molecule has 1 aliphatic rings. The topological polar surface area (TPSA) is 49.9 Å². The van der Waals surface area contributed by atoms with Gasteiger partial charge < -0.3 is 9.64 Å². The summed E-state index contributed by atoms with van der Waals surface area (Å²) in [5.74, 6) is -0.141. The molecule has 0 spiro atoms. The molecule has 1 fully saturated rings. The minimum atomic E-state index is -0.630. The molecule has 2 amide bonds. The van der Waals surface area contributed by atoms with Gasteiger partial charge in [0.15, 0.2) is 0 Å². The van der Waals surface area contributed by atoms with Crippen LogP contribution in [0.3, 0.4) is 0 Å². The number of benzene rings is 2. The molecule has 1 aliphatic heterocycles. The summed E-state index contributed by atoms with van der Waals surface area (Å²) in [5, 5.41) is 0. The summed E-state index contributed by atoms with van der Waals surface area (Å²) >= 11 is 0. The van der Waals surface area contributed by atoms with Gasteiger partial charge in [0.25, 0.3) is 0 Å². The van der Waals surface area contributed by atoms with Crippen LogP contribution in [0.25, 0.3) is 11.1 Å². The third-order valence-corrected chi connectivity index (χ3v) is 5.35. The van der Waals surface area contributed by atoms with Crippen LogP contribution in [0.5, 0.6) is 0 Å². The zero-order valence-electron chi connectivity index (χ0n) is 18.6. The monoisotopic (exact) mass is 408 g/mol. The van der Waals surface area contributed by atoms with E-state index in [9.17, 15) is 9.59 Å². The SMILES string of the molecule is CN(C)CC1(Cc2ccc(-c3ccccc3)cc2)CCN(C(=O)OC(C)(C)C)C1=O. The predicted molar refractivity (Wildman–Crippen MR) is 119 cm³/mol. The standard InChI is InChI=1S/C25H32N2O3/c1-24(2,3)30-23(29)27-16-15-25(22(27)28,18-26(4)5)17-19-11-13-21(14-12-19)20-9-7-6-8-10-20/h6-14H,15-18H2,1-5H3. The van der Waals surface area contributed by atoms with Crippen molar-refractivity contribution in [3.8, 4) is 11.1 Å². The Kier molecular flexibility index (Phi) is 6.32. The van der Waals surface area contributed by atoms with E-state index in [0.717, 1.165) is 11.1 Å². The fourth-order valence-corrected chi connectivity index (χ4v) is 4.12. The van der Waals surface area contributed by atoms with Crippen molar-refractivity contribution in [3.05, 3.63) is 60.2 Å². The first-order chi connectivity index (χ1) is 14.1. The Morgan fingerprint density at radius 2 is 1.63 bits per heavy atom. The fraction of sp³-hybridized carbons (Fsp3) is 0.440. The number of carbonyl (C=O) groups excluding carboxylic acids is 2. The highest BCUT2D eigenvalue weighted by Gasteiger charge is 2.49. The van der Waals surface area contributed by atoms with Crippen molar-refractivity contribution in [2.45, 2.75) is 39.2 Å². The maximum Gasteiger partial charge on any atom is 0.417 e. The second kappa shape index (κ2) is 8.60. The third kappa shape index (κ3) is 5.08. The maximum absolute atomic E-state index is 13.4. The van der Waals surface area contributed by atoms with Crippen molar-refractivity contribution >= 4 is 12.0 Å². The molecular formula is C25H32N2O3. The van der Waals surface area contributed by atoms with E-state index < -0.39 is 17.1 Å². The first-order valence-electron chi connectivity index (χ1n) is 10.4. The van der Waals surface area contributed by atoms with E-state index in [1.807, 2.05) is 58.0 Å². The molecule has 2 aromatic rings. The average molecular weight is 409 g/mol. The molecule has 0 N–H and O–H groups in total.